The Morgan fingerprint density at radius 2 is 1.24 bits per heavy atom. The van der Waals surface area contributed by atoms with Crippen molar-refractivity contribution in [2.24, 2.45) is 0 Å². The van der Waals surface area contributed by atoms with Crippen LogP contribution in [0.3, 0.4) is 0 Å². The number of carbonyl (C=O) groups excluding carboxylic acids is 3. The van der Waals surface area contributed by atoms with Crippen LogP contribution in [-0.2, 0) is 18.9 Å². The minimum Gasteiger partial charge on any atom is -0.459 e. The van der Waals surface area contributed by atoms with Crippen molar-refractivity contribution in [3.05, 3.63) is 108 Å². The van der Waals surface area contributed by atoms with Crippen molar-refractivity contribution in [3.8, 4) is 0 Å². The Morgan fingerprint density at radius 3 is 1.76 bits per heavy atom. The summed E-state index contributed by atoms with van der Waals surface area (Å²) in [5.74, 6) is -0.876. The van der Waals surface area contributed by atoms with Gasteiger partial charge >= 0.3 is 17.9 Å². The number of benzene rings is 3. The topological polar surface area (TPSA) is 88.1 Å². The summed E-state index contributed by atoms with van der Waals surface area (Å²) in [4.78, 5) is 38.3. The Morgan fingerprint density at radius 1 is 0.757 bits per heavy atom. The highest BCUT2D eigenvalue weighted by Gasteiger charge is 2.44. The summed E-state index contributed by atoms with van der Waals surface area (Å²) in [7, 11) is 0. The number of carbonyl (C=O) groups is 3. The lowest BCUT2D eigenvalue weighted by Gasteiger charge is -2.40. The van der Waals surface area contributed by atoms with Gasteiger partial charge in [0.25, 0.3) is 0 Å². The van der Waals surface area contributed by atoms with Crippen LogP contribution in [0.4, 0.5) is 0 Å². The summed E-state index contributed by atoms with van der Waals surface area (Å²) in [6, 6.07) is 25.9. The van der Waals surface area contributed by atoms with E-state index in [1.165, 1.54) is 11.8 Å². The molecule has 1 aliphatic rings. The van der Waals surface area contributed by atoms with Crippen molar-refractivity contribution < 1.29 is 33.3 Å². The second kappa shape index (κ2) is 13.1. The second-order valence-corrected chi connectivity index (χ2v) is 9.70. The molecule has 3 aromatic carbocycles. The molecule has 1 fully saturated rings. The molecular formula is C29H28O7S. The fourth-order valence-corrected chi connectivity index (χ4v) is 4.90. The standard InChI is InChI=1S/C29H28O7S/c1-2-37-29-25(36-28(32)22-16-10-5-11-17-22)24(35-27(31)21-14-8-4-9-15-21)18-23(34-29)19-33-26(30)20-12-6-3-7-13-20/h3-17,23-25,29H,2,18-19H2,1H3/t23-,24-,25+,29-/m0/s1. The zero-order valence-corrected chi connectivity index (χ0v) is 21.2. The van der Waals surface area contributed by atoms with Gasteiger partial charge in [-0.15, -0.1) is 11.8 Å². The lowest BCUT2D eigenvalue weighted by molar-refractivity contribution is -0.151. The first-order valence-corrected chi connectivity index (χ1v) is 13.1. The average molecular weight is 521 g/mol. The summed E-state index contributed by atoms with van der Waals surface area (Å²) in [5.41, 5.74) is 0.573. The smallest absolute Gasteiger partial charge is 0.338 e. The average Bonchev–Trinajstić information content (AvgIpc) is 2.94. The molecule has 0 unspecified atom stereocenters. The zero-order valence-electron chi connectivity index (χ0n) is 20.4. The third-order valence-electron chi connectivity index (χ3n) is 5.72. The first-order valence-electron chi connectivity index (χ1n) is 12.1. The molecule has 0 bridgehead atoms. The highest BCUT2D eigenvalue weighted by atomic mass is 32.2. The molecule has 4 atom stereocenters. The van der Waals surface area contributed by atoms with Crippen molar-refractivity contribution >= 4 is 29.7 Å². The van der Waals surface area contributed by atoms with Crippen molar-refractivity contribution in [2.75, 3.05) is 12.4 Å². The maximum Gasteiger partial charge on any atom is 0.338 e. The first-order chi connectivity index (χ1) is 18.0. The van der Waals surface area contributed by atoms with E-state index in [0.717, 1.165) is 0 Å². The molecule has 1 heterocycles. The van der Waals surface area contributed by atoms with Gasteiger partial charge in [-0.05, 0) is 42.2 Å². The molecule has 0 aromatic heterocycles. The van der Waals surface area contributed by atoms with Crippen LogP contribution in [0.25, 0.3) is 0 Å². The number of ether oxygens (including phenoxy) is 4. The minimum absolute atomic E-state index is 0.0345. The van der Waals surface area contributed by atoms with Gasteiger partial charge in [0.15, 0.2) is 6.10 Å². The van der Waals surface area contributed by atoms with Crippen LogP contribution in [-0.4, -0.2) is 54.0 Å². The molecule has 0 saturated carbocycles. The highest BCUT2D eigenvalue weighted by molar-refractivity contribution is 7.99. The van der Waals surface area contributed by atoms with Gasteiger partial charge < -0.3 is 18.9 Å². The molecule has 37 heavy (non-hydrogen) atoms. The van der Waals surface area contributed by atoms with E-state index in [4.69, 9.17) is 18.9 Å². The maximum atomic E-state index is 12.9. The van der Waals surface area contributed by atoms with Gasteiger partial charge in [0.05, 0.1) is 22.8 Å². The van der Waals surface area contributed by atoms with Gasteiger partial charge in [-0.25, -0.2) is 14.4 Å². The summed E-state index contributed by atoms with van der Waals surface area (Å²) in [6.07, 6.45) is -2.03. The molecule has 1 saturated heterocycles. The molecule has 8 heteroatoms. The number of thioether (sulfide) groups is 1. The van der Waals surface area contributed by atoms with Crippen LogP contribution in [0.15, 0.2) is 91.0 Å². The molecule has 0 spiro atoms. The fraction of sp³-hybridized carbons (Fsp3) is 0.276. The zero-order chi connectivity index (χ0) is 26.0. The quantitative estimate of drug-likeness (QED) is 0.282. The minimum atomic E-state index is -0.855. The molecule has 1 aliphatic heterocycles. The molecular weight excluding hydrogens is 492 g/mol. The van der Waals surface area contributed by atoms with Gasteiger partial charge in [0.1, 0.15) is 18.1 Å². The van der Waals surface area contributed by atoms with E-state index in [2.05, 4.69) is 0 Å². The molecule has 4 rings (SSSR count). The Kier molecular flexibility index (Phi) is 9.35. The van der Waals surface area contributed by atoms with Crippen LogP contribution in [0.1, 0.15) is 44.4 Å². The van der Waals surface area contributed by atoms with Crippen molar-refractivity contribution in [1.29, 1.82) is 0 Å². The van der Waals surface area contributed by atoms with Crippen LogP contribution in [0.5, 0.6) is 0 Å². The van der Waals surface area contributed by atoms with Crippen molar-refractivity contribution in [1.82, 2.24) is 0 Å². The van der Waals surface area contributed by atoms with E-state index in [1.807, 2.05) is 19.1 Å². The second-order valence-electron chi connectivity index (χ2n) is 8.33. The van der Waals surface area contributed by atoms with Crippen molar-refractivity contribution in [3.63, 3.8) is 0 Å². The van der Waals surface area contributed by atoms with E-state index in [0.29, 0.717) is 22.4 Å². The molecule has 3 aromatic rings. The fourth-order valence-electron chi connectivity index (χ4n) is 3.92. The Bertz CT molecular complexity index is 1170. The monoisotopic (exact) mass is 520 g/mol. The summed E-state index contributed by atoms with van der Waals surface area (Å²) in [6.45, 7) is 1.92. The molecule has 0 aliphatic carbocycles. The number of rotatable bonds is 9. The third kappa shape index (κ3) is 7.21. The number of esters is 3. The van der Waals surface area contributed by atoms with Gasteiger partial charge in [0, 0.05) is 6.42 Å². The van der Waals surface area contributed by atoms with Gasteiger partial charge in [-0.2, -0.15) is 0 Å². The van der Waals surface area contributed by atoms with Crippen LogP contribution < -0.4 is 0 Å². The van der Waals surface area contributed by atoms with E-state index in [9.17, 15) is 14.4 Å². The SMILES string of the molecule is CCS[C@@H]1O[C@H](COC(=O)c2ccccc2)C[C@H](OC(=O)c2ccccc2)[C@H]1OC(=O)c1ccccc1. The normalized spacial score (nSPS) is 21.0. The Balaban J connectivity index is 1.52. The van der Waals surface area contributed by atoms with Gasteiger partial charge in [-0.3, -0.25) is 0 Å². The van der Waals surface area contributed by atoms with E-state index < -0.39 is 41.7 Å². The summed E-state index contributed by atoms with van der Waals surface area (Å²) in [5, 5.41) is 0. The number of hydrogen-bond acceptors (Lipinski definition) is 8. The van der Waals surface area contributed by atoms with Crippen molar-refractivity contribution in [2.45, 2.75) is 37.1 Å². The van der Waals surface area contributed by atoms with E-state index in [-0.39, 0.29) is 13.0 Å². The van der Waals surface area contributed by atoms with E-state index >= 15 is 0 Å². The summed E-state index contributed by atoms with van der Waals surface area (Å²) >= 11 is 1.43. The lowest BCUT2D eigenvalue weighted by atomic mass is 10.0. The Hall–Kier alpha value is -3.62. The molecule has 7 nitrogen and oxygen atoms in total. The van der Waals surface area contributed by atoms with E-state index in [1.54, 1.807) is 78.9 Å². The van der Waals surface area contributed by atoms with Crippen LogP contribution >= 0.6 is 11.8 Å². The summed E-state index contributed by atoms with van der Waals surface area (Å²) < 4.78 is 23.4. The van der Waals surface area contributed by atoms with Crippen LogP contribution in [0, 0.1) is 0 Å². The molecule has 0 amide bonds. The predicted octanol–water partition coefficient (Wildman–Crippen LogP) is 5.16. The third-order valence-corrected chi connectivity index (χ3v) is 6.76. The molecule has 192 valence electrons. The lowest BCUT2D eigenvalue weighted by Crippen LogP contribution is -2.52. The number of hydrogen-bond donors (Lipinski definition) is 0. The molecule has 0 radical (unpaired) electrons. The largest absolute Gasteiger partial charge is 0.459 e. The molecule has 0 N–H and O–H groups in total. The maximum absolute atomic E-state index is 12.9. The highest BCUT2D eigenvalue weighted by Crippen LogP contribution is 2.33. The predicted molar refractivity (Wildman–Crippen MR) is 139 cm³/mol. The van der Waals surface area contributed by atoms with Gasteiger partial charge in [0.2, 0.25) is 0 Å². The van der Waals surface area contributed by atoms with Crippen LogP contribution in [0.2, 0.25) is 0 Å². The first kappa shape index (κ1) is 26.4. The van der Waals surface area contributed by atoms with Gasteiger partial charge in [-0.1, -0.05) is 61.5 Å². The Labute approximate surface area is 220 Å².